The van der Waals surface area contributed by atoms with Gasteiger partial charge in [-0.2, -0.15) is 0 Å². The van der Waals surface area contributed by atoms with Crippen LogP contribution in [0.2, 0.25) is 0 Å². The van der Waals surface area contributed by atoms with Gasteiger partial charge in [-0.15, -0.1) is 11.3 Å². The molecule has 1 saturated heterocycles. The molecule has 0 bridgehead atoms. The minimum Gasteiger partial charge on any atom is -0.480 e. The van der Waals surface area contributed by atoms with Gasteiger partial charge in [0.2, 0.25) is 0 Å². The maximum absolute atomic E-state index is 11.3. The summed E-state index contributed by atoms with van der Waals surface area (Å²) in [6.45, 7) is 5.19. The molecular formula is C14H21NO2S. The van der Waals surface area contributed by atoms with Gasteiger partial charge < -0.3 is 5.11 Å². The second-order valence-electron chi connectivity index (χ2n) is 4.92. The standard InChI is InChI=1S/C14H21NO2S/c1-3-11-7-8-13(18-11)10(2)15-9-5-4-6-12(15)14(16)17/h7-8,10,12H,3-6,9H2,1-2H3,(H,16,17). The number of hydrogen-bond acceptors (Lipinski definition) is 3. The second kappa shape index (κ2) is 5.85. The SMILES string of the molecule is CCc1ccc(C(C)N2CCCCC2C(=O)O)s1. The molecule has 0 amide bonds. The Kier molecular flexibility index (Phi) is 4.40. The number of carbonyl (C=O) groups is 1. The number of rotatable bonds is 4. The summed E-state index contributed by atoms with van der Waals surface area (Å²) >= 11 is 1.81. The summed E-state index contributed by atoms with van der Waals surface area (Å²) in [4.78, 5) is 16.1. The molecule has 2 heterocycles. The normalized spacial score (nSPS) is 22.9. The van der Waals surface area contributed by atoms with E-state index in [0.717, 1.165) is 32.2 Å². The van der Waals surface area contributed by atoms with Crippen molar-refractivity contribution in [1.82, 2.24) is 4.90 Å². The van der Waals surface area contributed by atoms with Crippen LogP contribution in [0.15, 0.2) is 12.1 Å². The number of thiophene rings is 1. The lowest BCUT2D eigenvalue weighted by Gasteiger charge is -2.37. The predicted molar refractivity (Wildman–Crippen MR) is 74.1 cm³/mol. The highest BCUT2D eigenvalue weighted by Gasteiger charge is 2.32. The van der Waals surface area contributed by atoms with Crippen LogP contribution in [0.4, 0.5) is 0 Å². The summed E-state index contributed by atoms with van der Waals surface area (Å²) in [6.07, 6.45) is 3.98. The minimum absolute atomic E-state index is 0.219. The molecule has 1 N–H and O–H groups in total. The molecule has 100 valence electrons. The fourth-order valence-electron chi connectivity index (χ4n) is 2.66. The minimum atomic E-state index is -0.672. The number of piperidine rings is 1. The third-order valence-corrected chi connectivity index (χ3v) is 5.17. The van der Waals surface area contributed by atoms with Crippen molar-refractivity contribution >= 4 is 17.3 Å². The summed E-state index contributed by atoms with van der Waals surface area (Å²) in [5.41, 5.74) is 0. The fraction of sp³-hybridized carbons (Fsp3) is 0.643. The molecule has 1 aliphatic heterocycles. The first kappa shape index (κ1) is 13.6. The Balaban J connectivity index is 2.14. The van der Waals surface area contributed by atoms with Crippen molar-refractivity contribution in [2.75, 3.05) is 6.54 Å². The molecule has 0 aromatic carbocycles. The van der Waals surface area contributed by atoms with Crippen LogP contribution in [0, 0.1) is 0 Å². The van der Waals surface area contributed by atoms with Gasteiger partial charge in [-0.3, -0.25) is 9.69 Å². The van der Waals surface area contributed by atoms with Gasteiger partial charge in [0, 0.05) is 15.8 Å². The van der Waals surface area contributed by atoms with E-state index < -0.39 is 5.97 Å². The topological polar surface area (TPSA) is 40.5 Å². The van der Waals surface area contributed by atoms with Gasteiger partial charge in [-0.25, -0.2) is 0 Å². The van der Waals surface area contributed by atoms with Crippen molar-refractivity contribution in [3.8, 4) is 0 Å². The predicted octanol–water partition coefficient (Wildman–Crippen LogP) is 3.31. The monoisotopic (exact) mass is 267 g/mol. The number of aliphatic carboxylic acids is 1. The lowest BCUT2D eigenvalue weighted by atomic mass is 10.00. The van der Waals surface area contributed by atoms with Crippen molar-refractivity contribution < 1.29 is 9.90 Å². The lowest BCUT2D eigenvalue weighted by Crippen LogP contribution is -2.45. The van der Waals surface area contributed by atoms with E-state index in [1.54, 1.807) is 0 Å². The van der Waals surface area contributed by atoms with Crippen LogP contribution in [0.5, 0.6) is 0 Å². The largest absolute Gasteiger partial charge is 0.480 e. The first-order valence-corrected chi connectivity index (χ1v) is 7.52. The van der Waals surface area contributed by atoms with E-state index in [-0.39, 0.29) is 12.1 Å². The van der Waals surface area contributed by atoms with E-state index in [0.29, 0.717) is 0 Å². The molecule has 4 heteroatoms. The Morgan fingerprint density at radius 2 is 2.33 bits per heavy atom. The van der Waals surface area contributed by atoms with Gasteiger partial charge in [0.15, 0.2) is 0 Å². The fourth-order valence-corrected chi connectivity index (χ4v) is 3.68. The van der Waals surface area contributed by atoms with Crippen LogP contribution in [0.25, 0.3) is 0 Å². The Hall–Kier alpha value is -0.870. The Labute approximate surface area is 112 Å². The Morgan fingerprint density at radius 3 is 2.94 bits per heavy atom. The Morgan fingerprint density at radius 1 is 1.56 bits per heavy atom. The van der Waals surface area contributed by atoms with E-state index in [1.165, 1.54) is 9.75 Å². The number of carboxylic acids is 1. The van der Waals surface area contributed by atoms with Crippen LogP contribution >= 0.6 is 11.3 Å². The number of aryl methyl sites for hydroxylation is 1. The van der Waals surface area contributed by atoms with Crippen molar-refractivity contribution in [3.05, 3.63) is 21.9 Å². The van der Waals surface area contributed by atoms with E-state index in [1.807, 2.05) is 11.3 Å². The first-order valence-electron chi connectivity index (χ1n) is 6.70. The van der Waals surface area contributed by atoms with Crippen LogP contribution in [-0.2, 0) is 11.2 Å². The number of nitrogens with zero attached hydrogens (tertiary/aromatic N) is 1. The quantitative estimate of drug-likeness (QED) is 0.910. The highest BCUT2D eigenvalue weighted by molar-refractivity contribution is 7.12. The maximum Gasteiger partial charge on any atom is 0.320 e. The molecule has 1 aliphatic rings. The molecule has 1 aromatic heterocycles. The molecule has 0 spiro atoms. The van der Waals surface area contributed by atoms with Crippen molar-refractivity contribution in [2.45, 2.75) is 51.6 Å². The molecule has 3 nitrogen and oxygen atoms in total. The van der Waals surface area contributed by atoms with Gasteiger partial charge in [0.05, 0.1) is 0 Å². The van der Waals surface area contributed by atoms with E-state index in [9.17, 15) is 9.90 Å². The van der Waals surface area contributed by atoms with E-state index in [4.69, 9.17) is 0 Å². The highest BCUT2D eigenvalue weighted by Crippen LogP contribution is 2.32. The molecular weight excluding hydrogens is 246 g/mol. The molecule has 0 radical (unpaired) electrons. The van der Waals surface area contributed by atoms with E-state index >= 15 is 0 Å². The second-order valence-corrected chi connectivity index (χ2v) is 6.12. The van der Waals surface area contributed by atoms with Crippen molar-refractivity contribution in [2.24, 2.45) is 0 Å². The van der Waals surface area contributed by atoms with Gasteiger partial charge in [-0.1, -0.05) is 13.3 Å². The summed E-state index contributed by atoms with van der Waals surface area (Å²) in [5.74, 6) is -0.672. The van der Waals surface area contributed by atoms with Crippen molar-refractivity contribution in [3.63, 3.8) is 0 Å². The van der Waals surface area contributed by atoms with Gasteiger partial charge >= 0.3 is 5.97 Å². The van der Waals surface area contributed by atoms with Crippen molar-refractivity contribution in [1.29, 1.82) is 0 Å². The lowest BCUT2D eigenvalue weighted by molar-refractivity contribution is -0.145. The van der Waals surface area contributed by atoms with Crippen LogP contribution in [0.3, 0.4) is 0 Å². The highest BCUT2D eigenvalue weighted by atomic mass is 32.1. The number of carboxylic acid groups (broad SMARTS) is 1. The van der Waals surface area contributed by atoms with Crippen LogP contribution in [0.1, 0.15) is 48.9 Å². The zero-order valence-corrected chi connectivity index (χ0v) is 11.9. The van der Waals surface area contributed by atoms with Gasteiger partial charge in [0.25, 0.3) is 0 Å². The third-order valence-electron chi connectivity index (χ3n) is 3.77. The molecule has 1 fully saturated rings. The summed E-state index contributed by atoms with van der Waals surface area (Å²) in [6, 6.07) is 4.23. The van der Waals surface area contributed by atoms with E-state index in [2.05, 4.69) is 30.9 Å². The average molecular weight is 267 g/mol. The smallest absolute Gasteiger partial charge is 0.320 e. The molecule has 1 aromatic rings. The van der Waals surface area contributed by atoms with Gasteiger partial charge in [0.1, 0.15) is 6.04 Å². The first-order chi connectivity index (χ1) is 8.63. The zero-order chi connectivity index (χ0) is 13.1. The summed E-state index contributed by atoms with van der Waals surface area (Å²) in [7, 11) is 0. The summed E-state index contributed by atoms with van der Waals surface area (Å²) < 4.78 is 0. The van der Waals surface area contributed by atoms with Crippen LogP contribution in [-0.4, -0.2) is 28.6 Å². The average Bonchev–Trinajstić information content (AvgIpc) is 2.86. The molecule has 18 heavy (non-hydrogen) atoms. The Bertz CT molecular complexity index is 416. The maximum atomic E-state index is 11.3. The van der Waals surface area contributed by atoms with Gasteiger partial charge in [-0.05, 0) is 44.9 Å². The summed E-state index contributed by atoms with van der Waals surface area (Å²) in [5, 5.41) is 9.32. The zero-order valence-electron chi connectivity index (χ0n) is 11.1. The molecule has 0 saturated carbocycles. The number of likely N-dealkylation sites (tertiary alicyclic amines) is 1. The molecule has 0 aliphatic carbocycles. The molecule has 2 rings (SSSR count). The molecule has 2 unspecified atom stereocenters. The number of hydrogen-bond donors (Lipinski definition) is 1. The molecule has 2 atom stereocenters. The third kappa shape index (κ3) is 2.75. The van der Waals surface area contributed by atoms with Crippen LogP contribution < -0.4 is 0 Å².